The normalized spacial score (nSPS) is 22.9. The number of nitrogens with zero attached hydrogens (tertiary/aromatic N) is 1. The van der Waals surface area contributed by atoms with Crippen LogP contribution >= 0.6 is 11.3 Å². The van der Waals surface area contributed by atoms with E-state index in [-0.39, 0.29) is 5.79 Å². The molecule has 1 aliphatic heterocycles. The number of ether oxygens (including phenoxy) is 3. The summed E-state index contributed by atoms with van der Waals surface area (Å²) in [5.74, 6) is 0.214. The molecule has 112 valence electrons. The topological polar surface area (TPSA) is 40.6 Å². The van der Waals surface area contributed by atoms with Crippen molar-refractivity contribution in [3.63, 3.8) is 0 Å². The number of aromatic nitrogens is 1. The predicted molar refractivity (Wildman–Crippen MR) is 77.9 cm³/mol. The molecule has 2 aliphatic rings. The van der Waals surface area contributed by atoms with Gasteiger partial charge in [0.25, 0.3) is 0 Å². The van der Waals surface area contributed by atoms with Gasteiger partial charge < -0.3 is 14.2 Å². The van der Waals surface area contributed by atoms with Crippen LogP contribution in [0.3, 0.4) is 0 Å². The van der Waals surface area contributed by atoms with Crippen LogP contribution in [-0.4, -0.2) is 30.1 Å². The van der Waals surface area contributed by atoms with Crippen LogP contribution in [0.15, 0.2) is 5.38 Å². The molecular weight excluding hydrogens is 274 g/mol. The van der Waals surface area contributed by atoms with Crippen LogP contribution < -0.4 is 0 Å². The molecule has 5 heteroatoms. The summed E-state index contributed by atoms with van der Waals surface area (Å²) in [6.07, 6.45) is 4.25. The van der Waals surface area contributed by atoms with Gasteiger partial charge in [-0.15, -0.1) is 11.3 Å². The van der Waals surface area contributed by atoms with Gasteiger partial charge in [-0.1, -0.05) is 13.8 Å². The number of rotatable bonds is 4. The van der Waals surface area contributed by atoms with Gasteiger partial charge in [-0.05, 0) is 12.8 Å². The minimum atomic E-state index is -0.286. The summed E-state index contributed by atoms with van der Waals surface area (Å²) >= 11 is 1.73. The minimum absolute atomic E-state index is 0.286. The molecule has 1 aromatic heterocycles. The van der Waals surface area contributed by atoms with Gasteiger partial charge in [0.2, 0.25) is 0 Å². The summed E-state index contributed by atoms with van der Waals surface area (Å²) in [5.41, 5.74) is 1.06. The van der Waals surface area contributed by atoms with Crippen LogP contribution in [0.1, 0.15) is 56.2 Å². The third-order valence-corrected chi connectivity index (χ3v) is 5.23. The van der Waals surface area contributed by atoms with Gasteiger partial charge in [0, 0.05) is 24.1 Å². The predicted octanol–water partition coefficient (Wildman–Crippen LogP) is 3.47. The summed E-state index contributed by atoms with van der Waals surface area (Å²) in [6, 6.07) is 0. The van der Waals surface area contributed by atoms with Gasteiger partial charge in [0.05, 0.1) is 36.6 Å². The lowest BCUT2D eigenvalue weighted by Gasteiger charge is -2.35. The molecule has 0 N–H and O–H groups in total. The second-order valence-electron chi connectivity index (χ2n) is 5.95. The van der Waals surface area contributed by atoms with Crippen LogP contribution in [0.25, 0.3) is 0 Å². The minimum Gasteiger partial charge on any atom is -0.372 e. The van der Waals surface area contributed by atoms with Gasteiger partial charge in [-0.3, -0.25) is 0 Å². The molecule has 1 saturated carbocycles. The van der Waals surface area contributed by atoms with Crippen molar-refractivity contribution in [2.75, 3.05) is 13.2 Å². The van der Waals surface area contributed by atoms with Gasteiger partial charge in [-0.25, -0.2) is 4.98 Å². The SMILES string of the molecule is CC(C)c1nc(COC2CCC3(CC2)OCCO3)cs1. The van der Waals surface area contributed by atoms with Crippen molar-refractivity contribution in [3.05, 3.63) is 16.1 Å². The maximum atomic E-state index is 6.00. The summed E-state index contributed by atoms with van der Waals surface area (Å²) < 4.78 is 17.5. The molecule has 2 heterocycles. The largest absolute Gasteiger partial charge is 0.372 e. The Morgan fingerprint density at radius 2 is 2.05 bits per heavy atom. The average Bonchev–Trinajstić information content (AvgIpc) is 3.08. The molecule has 4 nitrogen and oxygen atoms in total. The summed E-state index contributed by atoms with van der Waals surface area (Å²) in [6.45, 7) is 6.45. The average molecular weight is 297 g/mol. The van der Waals surface area contributed by atoms with Crippen LogP contribution in [0.4, 0.5) is 0 Å². The van der Waals surface area contributed by atoms with E-state index in [0.29, 0.717) is 18.6 Å². The Kier molecular flexibility index (Phi) is 4.40. The maximum Gasteiger partial charge on any atom is 0.168 e. The third kappa shape index (κ3) is 3.22. The number of thiazole rings is 1. The first-order valence-electron chi connectivity index (χ1n) is 7.51. The highest BCUT2D eigenvalue weighted by molar-refractivity contribution is 7.09. The first-order valence-corrected chi connectivity index (χ1v) is 8.39. The molecule has 1 saturated heterocycles. The summed E-state index contributed by atoms with van der Waals surface area (Å²) in [5, 5.41) is 3.31. The monoisotopic (exact) mass is 297 g/mol. The van der Waals surface area contributed by atoms with E-state index in [1.54, 1.807) is 11.3 Å². The first-order chi connectivity index (χ1) is 9.67. The van der Waals surface area contributed by atoms with E-state index in [9.17, 15) is 0 Å². The lowest BCUT2D eigenvalue weighted by atomic mass is 9.92. The Hall–Kier alpha value is -0.490. The molecule has 1 aliphatic carbocycles. The van der Waals surface area contributed by atoms with Crippen LogP contribution in [0.2, 0.25) is 0 Å². The van der Waals surface area contributed by atoms with Crippen molar-refractivity contribution in [1.82, 2.24) is 4.98 Å². The highest BCUT2D eigenvalue weighted by Gasteiger charge is 2.40. The van der Waals surface area contributed by atoms with E-state index in [2.05, 4.69) is 24.2 Å². The van der Waals surface area contributed by atoms with E-state index in [4.69, 9.17) is 14.2 Å². The molecule has 1 aromatic rings. The van der Waals surface area contributed by atoms with Crippen molar-refractivity contribution >= 4 is 11.3 Å². The Balaban J connectivity index is 1.45. The second-order valence-corrected chi connectivity index (χ2v) is 6.84. The molecule has 2 fully saturated rings. The standard InChI is InChI=1S/C15H23NO3S/c1-11(2)14-16-12(10-20-14)9-17-13-3-5-15(6-4-13)18-7-8-19-15/h10-11,13H,3-9H2,1-2H3. The van der Waals surface area contributed by atoms with Crippen molar-refractivity contribution in [1.29, 1.82) is 0 Å². The molecule has 3 rings (SSSR count). The van der Waals surface area contributed by atoms with E-state index in [1.807, 2.05) is 0 Å². The molecule has 0 bridgehead atoms. The Bertz CT molecular complexity index is 430. The molecule has 0 unspecified atom stereocenters. The fourth-order valence-electron chi connectivity index (χ4n) is 2.84. The van der Waals surface area contributed by atoms with Crippen LogP contribution in [0.5, 0.6) is 0 Å². The smallest absolute Gasteiger partial charge is 0.168 e. The van der Waals surface area contributed by atoms with Gasteiger partial charge in [0.1, 0.15) is 0 Å². The maximum absolute atomic E-state index is 6.00. The fourth-order valence-corrected chi connectivity index (χ4v) is 3.66. The zero-order chi connectivity index (χ0) is 14.0. The van der Waals surface area contributed by atoms with Gasteiger partial charge in [-0.2, -0.15) is 0 Å². The van der Waals surface area contributed by atoms with Crippen LogP contribution in [-0.2, 0) is 20.8 Å². The van der Waals surface area contributed by atoms with Crippen molar-refractivity contribution in [2.24, 2.45) is 0 Å². The van der Waals surface area contributed by atoms with E-state index >= 15 is 0 Å². The molecular formula is C15H23NO3S. The Morgan fingerprint density at radius 3 is 2.65 bits per heavy atom. The molecule has 0 aromatic carbocycles. The third-order valence-electron chi connectivity index (χ3n) is 4.04. The highest BCUT2D eigenvalue weighted by Crippen LogP contribution is 2.36. The van der Waals surface area contributed by atoms with Crippen molar-refractivity contribution < 1.29 is 14.2 Å². The highest BCUT2D eigenvalue weighted by atomic mass is 32.1. The molecule has 0 atom stereocenters. The van der Waals surface area contributed by atoms with Crippen molar-refractivity contribution in [2.45, 2.75) is 63.9 Å². The van der Waals surface area contributed by atoms with Crippen LogP contribution in [0, 0.1) is 0 Å². The first kappa shape index (κ1) is 14.4. The Morgan fingerprint density at radius 1 is 1.35 bits per heavy atom. The molecule has 20 heavy (non-hydrogen) atoms. The van der Waals surface area contributed by atoms with Gasteiger partial charge >= 0.3 is 0 Å². The second kappa shape index (κ2) is 6.10. The van der Waals surface area contributed by atoms with Gasteiger partial charge in [0.15, 0.2) is 5.79 Å². The number of hydrogen-bond donors (Lipinski definition) is 0. The lowest BCUT2D eigenvalue weighted by molar-refractivity contribution is -0.192. The molecule has 1 spiro atoms. The van der Waals surface area contributed by atoms with Crippen molar-refractivity contribution in [3.8, 4) is 0 Å². The Labute approximate surface area is 124 Å². The van der Waals surface area contributed by atoms with E-state index in [1.165, 1.54) is 5.01 Å². The zero-order valence-corrected chi connectivity index (χ0v) is 13.1. The molecule has 0 radical (unpaired) electrons. The van der Waals surface area contributed by atoms with E-state index < -0.39 is 0 Å². The fraction of sp³-hybridized carbons (Fsp3) is 0.800. The lowest BCUT2D eigenvalue weighted by Crippen LogP contribution is -2.37. The summed E-state index contributed by atoms with van der Waals surface area (Å²) in [4.78, 5) is 4.61. The summed E-state index contributed by atoms with van der Waals surface area (Å²) in [7, 11) is 0. The quantitative estimate of drug-likeness (QED) is 0.853. The zero-order valence-electron chi connectivity index (χ0n) is 12.3. The molecule has 0 amide bonds. The van der Waals surface area contributed by atoms with E-state index in [0.717, 1.165) is 44.6 Å². The number of hydrogen-bond acceptors (Lipinski definition) is 5.